The first-order chi connectivity index (χ1) is 21.7. The van der Waals surface area contributed by atoms with E-state index < -0.39 is 29.1 Å². The number of carbonyl (C=O) groups is 1. The molecule has 1 aliphatic carbocycles. The average molecular weight is 636 g/mol. The van der Waals surface area contributed by atoms with Gasteiger partial charge in [0, 0.05) is 36.1 Å². The van der Waals surface area contributed by atoms with Crippen molar-refractivity contribution in [3.05, 3.63) is 76.5 Å². The van der Waals surface area contributed by atoms with E-state index in [9.17, 15) is 22.8 Å². The Hall–Kier alpha value is -5.08. The predicted molar refractivity (Wildman–Crippen MR) is 162 cm³/mol. The Kier molecular flexibility index (Phi) is 7.65. The number of amides is 1. The van der Waals surface area contributed by atoms with Crippen molar-refractivity contribution in [2.45, 2.75) is 77.7 Å². The van der Waals surface area contributed by atoms with Crippen molar-refractivity contribution in [3.63, 3.8) is 0 Å². The third kappa shape index (κ3) is 6.21. The fraction of sp³-hybridized carbons (Fsp3) is 0.387. The number of fused-ring (bicyclic) bond motifs is 1. The number of aromatic amines is 1. The Balaban J connectivity index is 1.42. The molecule has 1 amide bonds. The van der Waals surface area contributed by atoms with Crippen LogP contribution in [0.4, 0.5) is 23.8 Å². The van der Waals surface area contributed by atoms with Crippen LogP contribution in [0.5, 0.6) is 0 Å². The highest BCUT2D eigenvalue weighted by molar-refractivity contribution is 5.91. The molecule has 0 saturated heterocycles. The molecule has 6 rings (SSSR count). The maximum atomic E-state index is 13.7. The van der Waals surface area contributed by atoms with Crippen LogP contribution in [0, 0.1) is 0 Å². The van der Waals surface area contributed by atoms with Gasteiger partial charge in [-0.1, -0.05) is 24.3 Å². The number of imidazole rings is 2. The lowest BCUT2D eigenvalue weighted by Crippen LogP contribution is -2.37. The van der Waals surface area contributed by atoms with Crippen molar-refractivity contribution in [2.75, 3.05) is 4.90 Å². The van der Waals surface area contributed by atoms with E-state index in [-0.39, 0.29) is 47.2 Å². The van der Waals surface area contributed by atoms with Gasteiger partial charge in [-0.2, -0.15) is 13.2 Å². The van der Waals surface area contributed by atoms with Crippen molar-refractivity contribution in [2.24, 2.45) is 0 Å². The Morgan fingerprint density at radius 2 is 1.83 bits per heavy atom. The van der Waals surface area contributed by atoms with Crippen LogP contribution >= 0.6 is 0 Å². The molecule has 1 N–H and O–H groups in total. The summed E-state index contributed by atoms with van der Waals surface area (Å²) in [4.78, 5) is 48.0. The minimum Gasteiger partial charge on any atom is -0.443 e. The molecule has 0 aliphatic heterocycles. The summed E-state index contributed by atoms with van der Waals surface area (Å²) in [6.45, 7) is 8.71. The average Bonchev–Trinajstić information content (AvgIpc) is 3.52. The van der Waals surface area contributed by atoms with Crippen molar-refractivity contribution in [1.82, 2.24) is 39.1 Å². The van der Waals surface area contributed by atoms with E-state index in [1.54, 1.807) is 65.1 Å². The summed E-state index contributed by atoms with van der Waals surface area (Å²) in [6.07, 6.45) is 1.90. The third-order valence-corrected chi connectivity index (χ3v) is 7.31. The smallest absolute Gasteiger partial charge is 0.434 e. The molecule has 0 bridgehead atoms. The third-order valence-electron chi connectivity index (χ3n) is 7.31. The molecule has 12 nitrogen and oxygen atoms in total. The molecule has 4 heterocycles. The molecule has 0 atom stereocenters. The predicted octanol–water partition coefficient (Wildman–Crippen LogP) is 6.16. The molecule has 0 spiro atoms. The molecule has 1 fully saturated rings. The number of nitrogens with zero attached hydrogens (tertiary/aromatic N) is 8. The monoisotopic (exact) mass is 635 g/mol. The number of halogens is 3. The lowest BCUT2D eigenvalue weighted by atomic mass is 10.1. The van der Waals surface area contributed by atoms with Gasteiger partial charge < -0.3 is 14.3 Å². The number of alkyl halides is 3. The molecule has 15 heteroatoms. The summed E-state index contributed by atoms with van der Waals surface area (Å²) in [5.74, 6) is 0.456. The fourth-order valence-corrected chi connectivity index (χ4v) is 5.02. The summed E-state index contributed by atoms with van der Waals surface area (Å²) in [5.41, 5.74) is -0.0949. The lowest BCUT2D eigenvalue weighted by Gasteiger charge is -2.27. The molecule has 46 heavy (non-hydrogen) atoms. The minimum atomic E-state index is -4.59. The largest absolute Gasteiger partial charge is 0.443 e. The molecular weight excluding hydrogens is 603 g/mol. The van der Waals surface area contributed by atoms with Gasteiger partial charge in [0.2, 0.25) is 0 Å². The van der Waals surface area contributed by atoms with E-state index in [1.807, 2.05) is 0 Å². The lowest BCUT2D eigenvalue weighted by molar-refractivity contribution is -0.140. The highest BCUT2D eigenvalue weighted by Gasteiger charge is 2.36. The molecule has 0 unspecified atom stereocenters. The Morgan fingerprint density at radius 3 is 2.46 bits per heavy atom. The molecule has 1 aliphatic rings. The van der Waals surface area contributed by atoms with Crippen LogP contribution in [0.2, 0.25) is 0 Å². The van der Waals surface area contributed by atoms with Gasteiger partial charge in [0.1, 0.15) is 17.0 Å². The van der Waals surface area contributed by atoms with E-state index in [1.165, 1.54) is 26.5 Å². The first-order valence-corrected chi connectivity index (χ1v) is 14.7. The number of anilines is 1. The molecular formula is C31H32F3N9O3. The molecule has 240 valence electrons. The number of ether oxygens (including phenoxy) is 1. The first kappa shape index (κ1) is 30.9. The zero-order chi connectivity index (χ0) is 33.0. The summed E-state index contributed by atoms with van der Waals surface area (Å²) in [5, 5.41) is 4.52. The van der Waals surface area contributed by atoms with Gasteiger partial charge in [0.15, 0.2) is 23.0 Å². The summed E-state index contributed by atoms with van der Waals surface area (Å²) in [6, 6.07) is 6.43. The van der Waals surface area contributed by atoms with Crippen LogP contribution in [-0.4, -0.2) is 50.8 Å². The molecule has 4 aromatic heterocycles. The molecule has 1 saturated carbocycles. The number of carbonyl (C=O) groups excluding carboxylic acids is 1. The van der Waals surface area contributed by atoms with Crippen molar-refractivity contribution >= 4 is 17.6 Å². The SMILES string of the molecule is CC(C)n1cc(C(F)(F)F)nc1-c1ccc(CN(C(=O)OC(C)(C)C)c2nc(-c3c(C4CC4)nc[nH]c3=O)nn3ccnc23)cc1. The second-order valence-electron chi connectivity index (χ2n) is 12.4. The normalized spacial score (nSPS) is 13.8. The van der Waals surface area contributed by atoms with Gasteiger partial charge in [-0.25, -0.2) is 29.2 Å². The van der Waals surface area contributed by atoms with Crippen molar-refractivity contribution in [3.8, 4) is 22.8 Å². The second kappa shape index (κ2) is 11.4. The maximum Gasteiger partial charge on any atom is 0.434 e. The van der Waals surface area contributed by atoms with Crippen LogP contribution in [0.25, 0.3) is 28.4 Å². The van der Waals surface area contributed by atoms with E-state index in [0.717, 1.165) is 19.0 Å². The number of rotatable bonds is 7. The highest BCUT2D eigenvalue weighted by atomic mass is 19.4. The highest BCUT2D eigenvalue weighted by Crippen LogP contribution is 2.42. The zero-order valence-corrected chi connectivity index (χ0v) is 25.8. The van der Waals surface area contributed by atoms with E-state index in [4.69, 9.17) is 9.72 Å². The number of hydrogen-bond donors (Lipinski definition) is 1. The minimum absolute atomic E-state index is 0.0422. The maximum absolute atomic E-state index is 13.7. The number of aromatic nitrogens is 8. The van der Waals surface area contributed by atoms with Gasteiger partial charge in [0.25, 0.3) is 5.56 Å². The molecule has 1 aromatic carbocycles. The van der Waals surface area contributed by atoms with Gasteiger partial charge >= 0.3 is 12.3 Å². The standard InChI is InChI=1S/C31H32F3N9O3/c1-17(2)41-15-21(31(32,33)34)38-25(41)20-8-6-18(7-9-20)14-42(29(45)46-30(3,4)5)27-26-35-12-13-43(26)40-24(39-27)22-23(19-10-11-19)36-16-37-28(22)44/h6-9,12-13,15-17,19H,10-11,14H2,1-5H3,(H,36,37,44). The van der Waals surface area contributed by atoms with Crippen molar-refractivity contribution < 1.29 is 22.7 Å². The van der Waals surface area contributed by atoms with Gasteiger partial charge in [-0.15, -0.1) is 5.10 Å². The zero-order valence-electron chi connectivity index (χ0n) is 25.8. The van der Waals surface area contributed by atoms with Gasteiger partial charge in [-0.3, -0.25) is 9.69 Å². The summed E-state index contributed by atoms with van der Waals surface area (Å²) >= 11 is 0. The fourth-order valence-electron chi connectivity index (χ4n) is 5.02. The quantitative estimate of drug-likeness (QED) is 0.225. The van der Waals surface area contributed by atoms with Crippen LogP contribution in [0.1, 0.15) is 76.4 Å². The van der Waals surface area contributed by atoms with E-state index in [0.29, 0.717) is 16.8 Å². The Morgan fingerprint density at radius 1 is 1.11 bits per heavy atom. The topological polar surface area (TPSA) is 136 Å². The van der Waals surface area contributed by atoms with Crippen LogP contribution in [0.3, 0.4) is 0 Å². The number of hydrogen-bond acceptors (Lipinski definition) is 8. The molecule has 5 aromatic rings. The Labute approximate surface area is 261 Å². The van der Waals surface area contributed by atoms with Gasteiger partial charge in [-0.05, 0) is 53.0 Å². The van der Waals surface area contributed by atoms with Crippen LogP contribution in [-0.2, 0) is 17.5 Å². The summed E-state index contributed by atoms with van der Waals surface area (Å²) < 4.78 is 49.1. The van der Waals surface area contributed by atoms with E-state index >= 15 is 0 Å². The second-order valence-corrected chi connectivity index (χ2v) is 12.4. The number of benzene rings is 1. The van der Waals surface area contributed by atoms with Crippen LogP contribution < -0.4 is 10.5 Å². The van der Waals surface area contributed by atoms with Crippen molar-refractivity contribution in [1.29, 1.82) is 0 Å². The summed E-state index contributed by atoms with van der Waals surface area (Å²) in [7, 11) is 0. The van der Waals surface area contributed by atoms with Crippen LogP contribution in [0.15, 0.2) is 54.0 Å². The number of nitrogens with one attached hydrogen (secondary N) is 1. The van der Waals surface area contributed by atoms with Gasteiger partial charge in [0.05, 0.1) is 18.6 Å². The van der Waals surface area contributed by atoms with E-state index in [2.05, 4.69) is 25.0 Å². The molecule has 0 radical (unpaired) electrons. The Bertz CT molecular complexity index is 1970. The number of H-pyrrole nitrogens is 1. The first-order valence-electron chi connectivity index (χ1n) is 14.7.